The maximum atomic E-state index is 13.4. The van der Waals surface area contributed by atoms with Crippen molar-refractivity contribution in [3.8, 4) is 23.0 Å². The molecule has 2 unspecified atom stereocenters. The minimum atomic E-state index is -0.237. The molecule has 1 amide bonds. The van der Waals surface area contributed by atoms with Gasteiger partial charge in [0.05, 0.1) is 45.4 Å². The van der Waals surface area contributed by atoms with Crippen molar-refractivity contribution in [1.29, 1.82) is 0 Å². The SMILES string of the molecule is COc1ccc(/C=C2\CCCCC3=C2N=C2SC(C)C(=O)N2C3c2ccc(OC)c(OC)c2)cc1OC. The fourth-order valence-electron chi connectivity index (χ4n) is 5.27. The molecular weight excluding hydrogens is 488 g/mol. The molecule has 3 aliphatic rings. The summed E-state index contributed by atoms with van der Waals surface area (Å²) in [5.41, 5.74) is 5.35. The summed E-state index contributed by atoms with van der Waals surface area (Å²) >= 11 is 1.53. The Bertz CT molecular complexity index is 1320. The molecular formula is C29H32N2O5S. The van der Waals surface area contributed by atoms with E-state index in [0.717, 1.165) is 47.7 Å². The van der Waals surface area contributed by atoms with Crippen LogP contribution in [0.1, 0.15) is 49.8 Å². The van der Waals surface area contributed by atoms with Crippen molar-refractivity contribution in [2.24, 2.45) is 4.99 Å². The average Bonchev–Trinajstić information content (AvgIpc) is 3.07. The number of carbonyl (C=O) groups is 1. The first kappa shape index (κ1) is 25.3. The highest BCUT2D eigenvalue weighted by atomic mass is 32.2. The standard InChI is InChI=1S/C29H32N2O5S/c1-17-28(32)31-27(20-11-13-23(34-3)25(16-20)36-5)21-9-7-6-8-19(26(21)30-29(31)37-17)14-18-10-12-22(33-2)24(15-18)35-4/h10-17,27H,6-9H2,1-5H3/b19-14+. The Hall–Kier alpha value is -3.39. The highest BCUT2D eigenvalue weighted by molar-refractivity contribution is 8.15. The summed E-state index contributed by atoms with van der Waals surface area (Å²) < 4.78 is 22.0. The van der Waals surface area contributed by atoms with E-state index in [0.29, 0.717) is 23.0 Å². The van der Waals surface area contributed by atoms with E-state index >= 15 is 0 Å². The number of amidine groups is 1. The molecule has 1 saturated heterocycles. The van der Waals surface area contributed by atoms with Gasteiger partial charge in [0.1, 0.15) is 0 Å². The molecule has 194 valence electrons. The summed E-state index contributed by atoms with van der Waals surface area (Å²) in [5.74, 6) is 2.78. The van der Waals surface area contributed by atoms with Crippen molar-refractivity contribution in [2.45, 2.75) is 43.9 Å². The summed E-state index contributed by atoms with van der Waals surface area (Å²) in [6, 6.07) is 11.6. The molecule has 37 heavy (non-hydrogen) atoms. The Balaban J connectivity index is 1.66. The van der Waals surface area contributed by atoms with E-state index in [4.69, 9.17) is 23.9 Å². The number of fused-ring (bicyclic) bond motifs is 1. The second-order valence-electron chi connectivity index (χ2n) is 9.24. The third kappa shape index (κ3) is 4.59. The molecule has 1 fully saturated rings. The number of hydrogen-bond donors (Lipinski definition) is 0. The van der Waals surface area contributed by atoms with Crippen molar-refractivity contribution < 1.29 is 23.7 Å². The van der Waals surface area contributed by atoms with Gasteiger partial charge in [-0.25, -0.2) is 4.99 Å². The Kier molecular flexibility index (Phi) is 7.20. The molecule has 2 aromatic rings. The molecule has 0 N–H and O–H groups in total. The number of thioether (sulfide) groups is 1. The van der Waals surface area contributed by atoms with Gasteiger partial charge in [0, 0.05) is 0 Å². The number of ether oxygens (including phenoxy) is 4. The van der Waals surface area contributed by atoms with Crippen LogP contribution in [-0.2, 0) is 4.79 Å². The van der Waals surface area contributed by atoms with Crippen LogP contribution >= 0.6 is 11.8 Å². The van der Waals surface area contributed by atoms with Crippen LogP contribution in [0.15, 0.2) is 58.2 Å². The van der Waals surface area contributed by atoms with Gasteiger partial charge >= 0.3 is 0 Å². The number of amides is 1. The molecule has 0 bridgehead atoms. The average molecular weight is 521 g/mol. The highest BCUT2D eigenvalue weighted by Crippen LogP contribution is 2.49. The molecule has 5 rings (SSSR count). The van der Waals surface area contributed by atoms with Crippen molar-refractivity contribution in [3.63, 3.8) is 0 Å². The Labute approximate surface area is 222 Å². The molecule has 1 aliphatic carbocycles. The molecule has 0 spiro atoms. The number of carbonyl (C=O) groups excluding carboxylic acids is 1. The summed E-state index contributed by atoms with van der Waals surface area (Å²) in [6.45, 7) is 1.95. The maximum Gasteiger partial charge on any atom is 0.242 e. The Morgan fingerprint density at radius 2 is 1.54 bits per heavy atom. The number of nitrogens with zero attached hydrogens (tertiary/aromatic N) is 2. The molecule has 2 aliphatic heterocycles. The van der Waals surface area contributed by atoms with Gasteiger partial charge < -0.3 is 18.9 Å². The van der Waals surface area contributed by atoms with Crippen LogP contribution in [0.5, 0.6) is 23.0 Å². The number of aliphatic imine (C=N–C) groups is 1. The number of benzene rings is 2. The molecule has 7 nitrogen and oxygen atoms in total. The first-order valence-corrected chi connectivity index (χ1v) is 13.3. The molecule has 0 saturated carbocycles. The second-order valence-corrected chi connectivity index (χ2v) is 10.6. The minimum Gasteiger partial charge on any atom is -0.493 e. The van der Waals surface area contributed by atoms with E-state index in [2.05, 4.69) is 6.08 Å². The van der Waals surface area contributed by atoms with E-state index in [1.54, 1.807) is 28.4 Å². The van der Waals surface area contributed by atoms with E-state index in [1.807, 2.05) is 48.2 Å². The van der Waals surface area contributed by atoms with Crippen LogP contribution in [0.25, 0.3) is 6.08 Å². The monoisotopic (exact) mass is 520 g/mol. The molecule has 8 heteroatoms. The van der Waals surface area contributed by atoms with Crippen LogP contribution < -0.4 is 18.9 Å². The molecule has 2 atom stereocenters. The summed E-state index contributed by atoms with van der Waals surface area (Å²) in [7, 11) is 6.54. The largest absolute Gasteiger partial charge is 0.493 e. The summed E-state index contributed by atoms with van der Waals surface area (Å²) in [6.07, 6.45) is 6.06. The fraction of sp³-hybridized carbons (Fsp3) is 0.379. The minimum absolute atomic E-state index is 0.0877. The molecule has 0 radical (unpaired) electrons. The van der Waals surface area contributed by atoms with E-state index in [9.17, 15) is 4.79 Å². The Morgan fingerprint density at radius 1 is 0.892 bits per heavy atom. The Morgan fingerprint density at radius 3 is 2.24 bits per heavy atom. The lowest BCUT2D eigenvalue weighted by atomic mass is 9.90. The van der Waals surface area contributed by atoms with Crippen molar-refractivity contribution in [2.75, 3.05) is 28.4 Å². The summed E-state index contributed by atoms with van der Waals surface area (Å²) in [4.78, 5) is 20.4. The van der Waals surface area contributed by atoms with Gasteiger partial charge in [-0.05, 0) is 85.2 Å². The number of methoxy groups -OCH3 is 4. The first-order chi connectivity index (χ1) is 18.0. The van der Waals surface area contributed by atoms with Gasteiger partial charge in [-0.1, -0.05) is 23.9 Å². The van der Waals surface area contributed by atoms with Crippen LogP contribution in [0.3, 0.4) is 0 Å². The van der Waals surface area contributed by atoms with Crippen LogP contribution in [-0.4, -0.2) is 49.7 Å². The van der Waals surface area contributed by atoms with E-state index in [-0.39, 0.29) is 17.2 Å². The van der Waals surface area contributed by atoms with Gasteiger partial charge in [0.15, 0.2) is 28.2 Å². The number of allylic oxidation sites excluding steroid dienone is 1. The smallest absolute Gasteiger partial charge is 0.242 e. The lowest BCUT2D eigenvalue weighted by Crippen LogP contribution is -2.38. The summed E-state index contributed by atoms with van der Waals surface area (Å²) in [5, 5.41) is 0.583. The van der Waals surface area contributed by atoms with Gasteiger partial charge in [-0.15, -0.1) is 0 Å². The van der Waals surface area contributed by atoms with Crippen LogP contribution in [0, 0.1) is 0 Å². The lowest BCUT2D eigenvalue weighted by molar-refractivity contribution is -0.127. The van der Waals surface area contributed by atoms with Crippen molar-refractivity contribution >= 4 is 28.9 Å². The first-order valence-electron chi connectivity index (χ1n) is 12.4. The fourth-order valence-corrected chi connectivity index (χ4v) is 6.25. The third-order valence-corrected chi connectivity index (χ3v) is 8.15. The normalized spacial score (nSPS) is 22.3. The zero-order valence-electron chi connectivity index (χ0n) is 21.9. The number of hydrogen-bond acceptors (Lipinski definition) is 7. The zero-order chi connectivity index (χ0) is 26.1. The predicted octanol–water partition coefficient (Wildman–Crippen LogP) is 6.01. The van der Waals surface area contributed by atoms with Gasteiger partial charge in [0.25, 0.3) is 0 Å². The van der Waals surface area contributed by atoms with Crippen LogP contribution in [0.4, 0.5) is 0 Å². The molecule has 2 heterocycles. The van der Waals surface area contributed by atoms with Gasteiger partial charge in [0.2, 0.25) is 5.91 Å². The predicted molar refractivity (Wildman–Crippen MR) is 147 cm³/mol. The van der Waals surface area contributed by atoms with Crippen LogP contribution in [0.2, 0.25) is 0 Å². The molecule has 2 aromatic carbocycles. The topological polar surface area (TPSA) is 69.6 Å². The quantitative estimate of drug-likeness (QED) is 0.465. The lowest BCUT2D eigenvalue weighted by Gasteiger charge is -2.35. The molecule has 0 aromatic heterocycles. The zero-order valence-corrected chi connectivity index (χ0v) is 22.7. The van der Waals surface area contributed by atoms with Crippen molar-refractivity contribution in [3.05, 3.63) is 64.4 Å². The third-order valence-electron chi connectivity index (χ3n) is 7.09. The maximum absolute atomic E-state index is 13.4. The van der Waals surface area contributed by atoms with Gasteiger partial charge in [-0.3, -0.25) is 9.69 Å². The van der Waals surface area contributed by atoms with E-state index in [1.165, 1.54) is 22.9 Å². The highest BCUT2D eigenvalue weighted by Gasteiger charge is 2.45. The second kappa shape index (κ2) is 10.5. The number of rotatable bonds is 6. The van der Waals surface area contributed by atoms with E-state index < -0.39 is 0 Å². The van der Waals surface area contributed by atoms with Crippen molar-refractivity contribution in [1.82, 2.24) is 4.90 Å². The van der Waals surface area contributed by atoms with Gasteiger partial charge in [-0.2, -0.15) is 0 Å².